The molecule has 16 heavy (non-hydrogen) atoms. The van der Waals surface area contributed by atoms with Gasteiger partial charge in [0.1, 0.15) is 0 Å². The normalized spacial score (nSPS) is 27.3. The van der Waals surface area contributed by atoms with E-state index in [1.54, 1.807) is 0 Å². The van der Waals surface area contributed by atoms with E-state index in [1.807, 2.05) is 6.92 Å². The average molecular weight is 228 g/mol. The van der Waals surface area contributed by atoms with Crippen LogP contribution in [0.15, 0.2) is 0 Å². The second-order valence-corrected chi connectivity index (χ2v) is 5.01. The lowest BCUT2D eigenvalue weighted by atomic mass is 9.77. The molecule has 0 amide bonds. The van der Waals surface area contributed by atoms with Crippen molar-refractivity contribution < 1.29 is 19.8 Å². The smallest absolute Gasteiger partial charge is 0.306 e. The molecule has 0 aromatic heterocycles. The molecule has 92 valence electrons. The summed E-state index contributed by atoms with van der Waals surface area (Å²) in [6.07, 6.45) is 4.54. The molecule has 0 saturated heterocycles. The third-order valence-electron chi connectivity index (χ3n) is 3.39. The Kier molecular flexibility index (Phi) is 4.77. The predicted octanol–water partition coefficient (Wildman–Crippen LogP) is 2.38. The maximum Gasteiger partial charge on any atom is 0.306 e. The zero-order valence-corrected chi connectivity index (χ0v) is 9.69. The first-order valence-corrected chi connectivity index (χ1v) is 5.93. The van der Waals surface area contributed by atoms with Gasteiger partial charge in [-0.15, -0.1) is 0 Å². The molecule has 0 spiro atoms. The molecular weight excluding hydrogens is 208 g/mol. The fraction of sp³-hybridized carbons (Fsp3) is 0.833. The van der Waals surface area contributed by atoms with Crippen LogP contribution < -0.4 is 0 Å². The predicted molar refractivity (Wildman–Crippen MR) is 59.1 cm³/mol. The van der Waals surface area contributed by atoms with Crippen LogP contribution in [0.1, 0.15) is 45.4 Å². The summed E-state index contributed by atoms with van der Waals surface area (Å²) in [6, 6.07) is 0. The van der Waals surface area contributed by atoms with Crippen LogP contribution in [0.5, 0.6) is 0 Å². The van der Waals surface area contributed by atoms with Crippen molar-refractivity contribution >= 4 is 11.9 Å². The van der Waals surface area contributed by atoms with Gasteiger partial charge in [0.05, 0.1) is 5.92 Å². The molecule has 0 aliphatic heterocycles. The molecule has 3 atom stereocenters. The van der Waals surface area contributed by atoms with Crippen molar-refractivity contribution in [2.75, 3.05) is 0 Å². The molecule has 4 heteroatoms. The Labute approximate surface area is 95.7 Å². The van der Waals surface area contributed by atoms with Crippen molar-refractivity contribution in [3.8, 4) is 0 Å². The standard InChI is InChI=1S/C12H20O4/c1-8(6-11(13)14)5-9-3-2-4-10(7-9)12(15)16/h8-10H,2-7H2,1H3,(H,13,14)(H,15,16). The summed E-state index contributed by atoms with van der Waals surface area (Å²) in [4.78, 5) is 21.4. The summed E-state index contributed by atoms with van der Waals surface area (Å²) in [5.74, 6) is -1.14. The van der Waals surface area contributed by atoms with E-state index in [4.69, 9.17) is 10.2 Å². The lowest BCUT2D eigenvalue weighted by Crippen LogP contribution is -2.24. The largest absolute Gasteiger partial charge is 0.481 e. The van der Waals surface area contributed by atoms with Gasteiger partial charge in [-0.3, -0.25) is 9.59 Å². The summed E-state index contributed by atoms with van der Waals surface area (Å²) in [6.45, 7) is 1.93. The van der Waals surface area contributed by atoms with E-state index < -0.39 is 11.9 Å². The molecule has 0 heterocycles. The van der Waals surface area contributed by atoms with Crippen LogP contribution in [-0.4, -0.2) is 22.2 Å². The van der Waals surface area contributed by atoms with Gasteiger partial charge in [0, 0.05) is 6.42 Å². The monoisotopic (exact) mass is 228 g/mol. The highest BCUT2D eigenvalue weighted by atomic mass is 16.4. The highest BCUT2D eigenvalue weighted by molar-refractivity contribution is 5.70. The van der Waals surface area contributed by atoms with Crippen molar-refractivity contribution in [1.29, 1.82) is 0 Å². The SMILES string of the molecule is CC(CC(=O)O)CC1CCCC(C(=O)O)C1. The second-order valence-electron chi connectivity index (χ2n) is 5.01. The molecule has 2 N–H and O–H groups in total. The number of rotatable bonds is 5. The molecule has 1 rings (SSSR count). The molecule has 0 aromatic carbocycles. The summed E-state index contributed by atoms with van der Waals surface area (Å²) < 4.78 is 0. The van der Waals surface area contributed by atoms with Crippen molar-refractivity contribution in [2.45, 2.75) is 45.4 Å². The topological polar surface area (TPSA) is 74.6 Å². The molecule has 4 nitrogen and oxygen atoms in total. The second kappa shape index (κ2) is 5.87. The molecule has 1 aliphatic carbocycles. The fourth-order valence-electron chi connectivity index (χ4n) is 2.68. The maximum absolute atomic E-state index is 10.9. The summed E-state index contributed by atoms with van der Waals surface area (Å²) >= 11 is 0. The number of hydrogen-bond donors (Lipinski definition) is 2. The average Bonchev–Trinajstić information content (AvgIpc) is 2.16. The third kappa shape index (κ3) is 4.21. The molecule has 1 saturated carbocycles. The van der Waals surface area contributed by atoms with E-state index >= 15 is 0 Å². The first-order chi connectivity index (χ1) is 7.49. The summed E-state index contributed by atoms with van der Waals surface area (Å²) in [5, 5.41) is 17.6. The van der Waals surface area contributed by atoms with E-state index in [0.717, 1.165) is 32.1 Å². The molecular formula is C12H20O4. The minimum Gasteiger partial charge on any atom is -0.481 e. The van der Waals surface area contributed by atoms with Gasteiger partial charge in [-0.1, -0.05) is 19.8 Å². The minimum atomic E-state index is -0.766. The van der Waals surface area contributed by atoms with Crippen molar-refractivity contribution in [3.63, 3.8) is 0 Å². The fourth-order valence-corrected chi connectivity index (χ4v) is 2.68. The van der Waals surface area contributed by atoms with Gasteiger partial charge in [-0.05, 0) is 31.1 Å². The minimum absolute atomic E-state index is 0.148. The first kappa shape index (κ1) is 13.0. The van der Waals surface area contributed by atoms with Crippen LogP contribution in [0.2, 0.25) is 0 Å². The Bertz CT molecular complexity index is 262. The van der Waals surface area contributed by atoms with Gasteiger partial charge >= 0.3 is 11.9 Å². The van der Waals surface area contributed by atoms with Crippen molar-refractivity contribution in [3.05, 3.63) is 0 Å². The summed E-state index contributed by atoms with van der Waals surface area (Å²) in [7, 11) is 0. The first-order valence-electron chi connectivity index (χ1n) is 5.93. The number of carboxylic acids is 2. The Morgan fingerprint density at radius 2 is 2.00 bits per heavy atom. The van der Waals surface area contributed by atoms with Crippen LogP contribution in [0.4, 0.5) is 0 Å². The molecule has 3 unspecified atom stereocenters. The zero-order valence-electron chi connectivity index (χ0n) is 9.69. The van der Waals surface area contributed by atoms with Crippen LogP contribution >= 0.6 is 0 Å². The van der Waals surface area contributed by atoms with Crippen LogP contribution in [0.25, 0.3) is 0 Å². The maximum atomic E-state index is 10.9. The Balaban J connectivity index is 2.36. The number of hydrogen-bond acceptors (Lipinski definition) is 2. The van der Waals surface area contributed by atoms with Gasteiger partial charge in [-0.25, -0.2) is 0 Å². The Morgan fingerprint density at radius 3 is 2.56 bits per heavy atom. The van der Waals surface area contributed by atoms with E-state index in [0.29, 0.717) is 5.92 Å². The zero-order chi connectivity index (χ0) is 12.1. The van der Waals surface area contributed by atoms with E-state index in [-0.39, 0.29) is 18.3 Å². The lowest BCUT2D eigenvalue weighted by molar-refractivity contribution is -0.144. The molecule has 0 aromatic rings. The van der Waals surface area contributed by atoms with E-state index in [1.165, 1.54) is 0 Å². The van der Waals surface area contributed by atoms with Gasteiger partial charge in [0.2, 0.25) is 0 Å². The molecule has 1 aliphatic rings. The van der Waals surface area contributed by atoms with E-state index in [9.17, 15) is 9.59 Å². The molecule has 1 fully saturated rings. The van der Waals surface area contributed by atoms with Gasteiger partial charge < -0.3 is 10.2 Å². The van der Waals surface area contributed by atoms with Crippen molar-refractivity contribution in [2.24, 2.45) is 17.8 Å². The molecule has 0 radical (unpaired) electrons. The number of aliphatic carboxylic acids is 2. The van der Waals surface area contributed by atoms with Gasteiger partial charge in [0.15, 0.2) is 0 Å². The highest BCUT2D eigenvalue weighted by Crippen LogP contribution is 2.33. The van der Waals surface area contributed by atoms with Crippen molar-refractivity contribution in [1.82, 2.24) is 0 Å². The van der Waals surface area contributed by atoms with Gasteiger partial charge in [-0.2, -0.15) is 0 Å². The van der Waals surface area contributed by atoms with Crippen LogP contribution in [0, 0.1) is 17.8 Å². The highest BCUT2D eigenvalue weighted by Gasteiger charge is 2.27. The Morgan fingerprint density at radius 1 is 1.31 bits per heavy atom. The lowest BCUT2D eigenvalue weighted by Gasteiger charge is -2.28. The number of carbonyl (C=O) groups is 2. The van der Waals surface area contributed by atoms with Crippen LogP contribution in [-0.2, 0) is 9.59 Å². The third-order valence-corrected chi connectivity index (χ3v) is 3.39. The Hall–Kier alpha value is -1.06. The number of carboxylic acid groups (broad SMARTS) is 2. The van der Waals surface area contributed by atoms with Gasteiger partial charge in [0.25, 0.3) is 0 Å². The molecule has 0 bridgehead atoms. The summed E-state index contributed by atoms with van der Waals surface area (Å²) in [5.41, 5.74) is 0. The van der Waals surface area contributed by atoms with E-state index in [2.05, 4.69) is 0 Å². The quantitative estimate of drug-likeness (QED) is 0.757. The van der Waals surface area contributed by atoms with Crippen LogP contribution in [0.3, 0.4) is 0 Å².